The maximum atomic E-state index is 12.3. The van der Waals surface area contributed by atoms with Gasteiger partial charge in [0.15, 0.2) is 0 Å². The van der Waals surface area contributed by atoms with Crippen molar-refractivity contribution in [3.63, 3.8) is 0 Å². The van der Waals surface area contributed by atoms with Crippen LogP contribution in [0.25, 0.3) is 0 Å². The molecule has 4 heteroatoms. The lowest BCUT2D eigenvalue weighted by atomic mass is 10.1. The average Bonchev–Trinajstić information content (AvgIpc) is 3.30. The minimum absolute atomic E-state index is 0.0352. The Bertz CT molecular complexity index is 491. The minimum atomic E-state index is -0.844. The zero-order valence-electron chi connectivity index (χ0n) is 12.5. The topological polar surface area (TPSA) is 57.6 Å². The molecule has 1 amide bonds. The molecule has 1 N–H and O–H groups in total. The Morgan fingerprint density at radius 2 is 1.76 bits per heavy atom. The van der Waals surface area contributed by atoms with E-state index in [1.54, 1.807) is 4.90 Å². The SMILES string of the molecule is CCc1ccc(CCC(=O)N(CCC(=O)O)C2CC2)cc1. The molecule has 0 aliphatic heterocycles. The van der Waals surface area contributed by atoms with Crippen LogP contribution >= 0.6 is 0 Å². The second kappa shape index (κ2) is 7.25. The van der Waals surface area contributed by atoms with E-state index >= 15 is 0 Å². The van der Waals surface area contributed by atoms with Crippen LogP contribution in [0.5, 0.6) is 0 Å². The zero-order valence-corrected chi connectivity index (χ0v) is 12.5. The number of carbonyl (C=O) groups excluding carboxylic acids is 1. The van der Waals surface area contributed by atoms with E-state index in [0.717, 1.165) is 31.2 Å². The molecule has 0 spiro atoms. The molecule has 114 valence electrons. The fourth-order valence-electron chi connectivity index (χ4n) is 2.45. The number of nitrogens with zero attached hydrogens (tertiary/aromatic N) is 1. The molecule has 0 atom stereocenters. The molecule has 0 bridgehead atoms. The highest BCUT2D eigenvalue weighted by molar-refractivity contribution is 5.78. The van der Waals surface area contributed by atoms with Gasteiger partial charge in [0.25, 0.3) is 0 Å². The summed E-state index contributed by atoms with van der Waals surface area (Å²) in [5.74, 6) is -0.762. The largest absolute Gasteiger partial charge is 0.481 e. The maximum Gasteiger partial charge on any atom is 0.305 e. The van der Waals surface area contributed by atoms with Gasteiger partial charge >= 0.3 is 5.97 Å². The van der Waals surface area contributed by atoms with Crippen LogP contribution in [0.15, 0.2) is 24.3 Å². The number of benzene rings is 1. The van der Waals surface area contributed by atoms with Gasteiger partial charge in [-0.1, -0.05) is 31.2 Å². The Balaban J connectivity index is 1.84. The molecule has 0 unspecified atom stereocenters. The second-order valence-electron chi connectivity index (χ2n) is 5.63. The van der Waals surface area contributed by atoms with E-state index in [4.69, 9.17) is 5.11 Å². The Kier molecular flexibility index (Phi) is 5.37. The number of aryl methyl sites for hydroxylation is 2. The zero-order chi connectivity index (χ0) is 15.2. The van der Waals surface area contributed by atoms with E-state index in [9.17, 15) is 9.59 Å². The van der Waals surface area contributed by atoms with Crippen LogP contribution in [-0.4, -0.2) is 34.5 Å². The van der Waals surface area contributed by atoms with Gasteiger partial charge in [-0.15, -0.1) is 0 Å². The summed E-state index contributed by atoms with van der Waals surface area (Å²) in [6.45, 7) is 2.46. The lowest BCUT2D eigenvalue weighted by molar-refractivity contribution is -0.138. The van der Waals surface area contributed by atoms with Crippen LogP contribution in [0.1, 0.15) is 43.7 Å². The maximum absolute atomic E-state index is 12.3. The highest BCUT2D eigenvalue weighted by Crippen LogP contribution is 2.27. The van der Waals surface area contributed by atoms with Crippen LogP contribution in [-0.2, 0) is 22.4 Å². The van der Waals surface area contributed by atoms with Gasteiger partial charge in [-0.05, 0) is 36.8 Å². The molecule has 1 aliphatic rings. The third-order valence-electron chi connectivity index (χ3n) is 3.93. The van der Waals surface area contributed by atoms with Crippen molar-refractivity contribution in [2.24, 2.45) is 0 Å². The molecular formula is C17H23NO3. The summed E-state index contributed by atoms with van der Waals surface area (Å²) in [5.41, 5.74) is 2.46. The van der Waals surface area contributed by atoms with E-state index < -0.39 is 5.97 Å². The number of amides is 1. The summed E-state index contributed by atoms with van der Waals surface area (Å²) in [5, 5.41) is 8.77. The molecule has 1 aliphatic carbocycles. The van der Waals surface area contributed by atoms with Gasteiger partial charge in [-0.2, -0.15) is 0 Å². The minimum Gasteiger partial charge on any atom is -0.481 e. The molecule has 21 heavy (non-hydrogen) atoms. The predicted octanol–water partition coefficient (Wildman–Crippen LogP) is 2.65. The molecule has 0 saturated heterocycles. The number of carboxylic acids is 1. The third kappa shape index (κ3) is 4.88. The molecule has 1 aromatic carbocycles. The van der Waals surface area contributed by atoms with Crippen molar-refractivity contribution in [3.05, 3.63) is 35.4 Å². The second-order valence-corrected chi connectivity index (χ2v) is 5.63. The lowest BCUT2D eigenvalue weighted by Gasteiger charge is -2.21. The third-order valence-corrected chi connectivity index (χ3v) is 3.93. The lowest BCUT2D eigenvalue weighted by Crippen LogP contribution is -2.35. The van der Waals surface area contributed by atoms with Crippen molar-refractivity contribution in [1.29, 1.82) is 0 Å². The standard InChI is InChI=1S/C17H23NO3/c1-2-13-3-5-14(6-4-13)7-10-16(19)18(15-8-9-15)12-11-17(20)21/h3-6,15H,2,7-12H2,1H3,(H,20,21). The van der Waals surface area contributed by atoms with Crippen molar-refractivity contribution in [3.8, 4) is 0 Å². The Morgan fingerprint density at radius 3 is 2.29 bits per heavy atom. The number of aliphatic carboxylic acids is 1. The van der Waals surface area contributed by atoms with Crippen molar-refractivity contribution in [1.82, 2.24) is 4.90 Å². The molecule has 1 aromatic rings. The Labute approximate surface area is 125 Å². The Morgan fingerprint density at radius 1 is 1.14 bits per heavy atom. The first-order valence-corrected chi connectivity index (χ1v) is 7.69. The van der Waals surface area contributed by atoms with Gasteiger partial charge in [0, 0.05) is 19.0 Å². The summed E-state index contributed by atoms with van der Waals surface area (Å²) < 4.78 is 0. The van der Waals surface area contributed by atoms with E-state index in [0.29, 0.717) is 13.0 Å². The van der Waals surface area contributed by atoms with Gasteiger partial charge < -0.3 is 10.0 Å². The number of hydrogen-bond donors (Lipinski definition) is 1. The molecule has 1 saturated carbocycles. The average molecular weight is 289 g/mol. The van der Waals surface area contributed by atoms with Crippen LogP contribution in [0, 0.1) is 0 Å². The molecule has 0 radical (unpaired) electrons. The highest BCUT2D eigenvalue weighted by Gasteiger charge is 2.32. The molecule has 0 heterocycles. The highest BCUT2D eigenvalue weighted by atomic mass is 16.4. The van der Waals surface area contributed by atoms with Gasteiger partial charge in [0.05, 0.1) is 6.42 Å². The van der Waals surface area contributed by atoms with Crippen LogP contribution in [0.3, 0.4) is 0 Å². The molecule has 4 nitrogen and oxygen atoms in total. The molecular weight excluding hydrogens is 266 g/mol. The molecule has 2 rings (SSSR count). The first kappa shape index (κ1) is 15.5. The van der Waals surface area contributed by atoms with Crippen LogP contribution in [0.2, 0.25) is 0 Å². The van der Waals surface area contributed by atoms with E-state index in [2.05, 4.69) is 31.2 Å². The first-order chi connectivity index (χ1) is 10.1. The van der Waals surface area contributed by atoms with Crippen LogP contribution < -0.4 is 0 Å². The number of carboxylic acid groups (broad SMARTS) is 1. The van der Waals surface area contributed by atoms with Gasteiger partial charge in [0.1, 0.15) is 0 Å². The van der Waals surface area contributed by atoms with Gasteiger partial charge in [-0.25, -0.2) is 0 Å². The quantitative estimate of drug-likeness (QED) is 0.800. The first-order valence-electron chi connectivity index (χ1n) is 7.69. The fourth-order valence-corrected chi connectivity index (χ4v) is 2.45. The van der Waals surface area contributed by atoms with Crippen molar-refractivity contribution >= 4 is 11.9 Å². The summed E-state index contributed by atoms with van der Waals surface area (Å²) in [7, 11) is 0. The predicted molar refractivity (Wildman–Crippen MR) is 81.1 cm³/mol. The number of rotatable bonds is 8. The van der Waals surface area contributed by atoms with Crippen LogP contribution in [0.4, 0.5) is 0 Å². The normalized spacial score (nSPS) is 14.0. The van der Waals surface area contributed by atoms with Crippen molar-refractivity contribution in [2.75, 3.05) is 6.54 Å². The van der Waals surface area contributed by atoms with Crippen molar-refractivity contribution in [2.45, 2.75) is 51.5 Å². The van der Waals surface area contributed by atoms with Crippen molar-refractivity contribution < 1.29 is 14.7 Å². The number of hydrogen-bond acceptors (Lipinski definition) is 2. The van der Waals surface area contributed by atoms with E-state index in [1.807, 2.05) is 0 Å². The van der Waals surface area contributed by atoms with Gasteiger partial charge in [0.2, 0.25) is 5.91 Å². The monoisotopic (exact) mass is 289 g/mol. The number of carbonyl (C=O) groups is 2. The molecule has 0 aromatic heterocycles. The van der Waals surface area contributed by atoms with E-state index in [-0.39, 0.29) is 18.4 Å². The summed E-state index contributed by atoms with van der Waals surface area (Å²) >= 11 is 0. The smallest absolute Gasteiger partial charge is 0.305 e. The summed E-state index contributed by atoms with van der Waals surface area (Å²) in [6.07, 6.45) is 4.26. The van der Waals surface area contributed by atoms with Gasteiger partial charge in [-0.3, -0.25) is 9.59 Å². The van der Waals surface area contributed by atoms with E-state index in [1.165, 1.54) is 5.56 Å². The molecule has 1 fully saturated rings. The fraction of sp³-hybridized carbons (Fsp3) is 0.529. The Hall–Kier alpha value is -1.84. The summed E-state index contributed by atoms with van der Waals surface area (Å²) in [4.78, 5) is 24.7. The summed E-state index contributed by atoms with van der Waals surface area (Å²) in [6, 6.07) is 8.63.